The molecule has 0 aliphatic rings. The van der Waals surface area contributed by atoms with Gasteiger partial charge in [-0.1, -0.05) is 0 Å². The van der Waals surface area contributed by atoms with Gasteiger partial charge in [-0.25, -0.2) is 9.18 Å². The molecule has 0 radical (unpaired) electrons. The number of rotatable bonds is 2. The Balaban J connectivity index is 3.42. The molecule has 0 atom stereocenters. The number of ether oxygens (including phenoxy) is 2. The molecule has 6 nitrogen and oxygen atoms in total. The fraction of sp³-hybridized carbons (Fsp3) is 0.417. The highest BCUT2D eigenvalue weighted by molar-refractivity contribution is 5.99. The Bertz CT molecular complexity index is 494. The number of hydrogen-bond donors (Lipinski definition) is 3. The van der Waals surface area contributed by atoms with Crippen LogP contribution in [0.2, 0.25) is 0 Å². The molecular formula is C12H17FN2O4. The summed E-state index contributed by atoms with van der Waals surface area (Å²) in [5.41, 5.74) is 8.55. The second kappa shape index (κ2) is 4.83. The number of aromatic hydroxyl groups is 1. The molecule has 0 aliphatic heterocycles. The summed E-state index contributed by atoms with van der Waals surface area (Å²) in [6, 6.07) is 0. The molecule has 5 N–H and O–H groups in total. The Labute approximate surface area is 110 Å². The Morgan fingerprint density at radius 2 is 1.79 bits per heavy atom. The highest BCUT2D eigenvalue weighted by Crippen LogP contribution is 2.42. The standard InChI is InChI=1S/C12H17FN2O4/c1-12(2,3)19-11(17)5-6(13)8(15)10(18-4)9(16)7(5)14/h16H,14-15H2,1-4H3. The van der Waals surface area contributed by atoms with E-state index in [2.05, 4.69) is 0 Å². The minimum atomic E-state index is -1.08. The second-order valence-corrected chi connectivity index (χ2v) is 4.90. The third-order valence-electron chi connectivity index (χ3n) is 2.25. The SMILES string of the molecule is COc1c(N)c(F)c(C(=O)OC(C)(C)C)c(N)c1O. The Morgan fingerprint density at radius 3 is 2.21 bits per heavy atom. The number of esters is 1. The topological polar surface area (TPSA) is 108 Å². The molecule has 0 saturated carbocycles. The van der Waals surface area contributed by atoms with Crippen LogP contribution in [0.25, 0.3) is 0 Å². The van der Waals surface area contributed by atoms with Crippen LogP contribution in [0.4, 0.5) is 15.8 Å². The van der Waals surface area contributed by atoms with Crippen LogP contribution in [-0.2, 0) is 4.74 Å². The van der Waals surface area contributed by atoms with E-state index in [0.717, 1.165) is 0 Å². The summed E-state index contributed by atoms with van der Waals surface area (Å²) in [5, 5.41) is 9.73. The first-order valence-corrected chi connectivity index (χ1v) is 5.46. The Kier molecular flexibility index (Phi) is 3.78. The maximum Gasteiger partial charge on any atom is 0.344 e. The average molecular weight is 272 g/mol. The molecule has 106 valence electrons. The smallest absolute Gasteiger partial charge is 0.344 e. The van der Waals surface area contributed by atoms with E-state index in [-0.39, 0.29) is 5.75 Å². The first kappa shape index (κ1) is 14.9. The molecular weight excluding hydrogens is 255 g/mol. The zero-order valence-corrected chi connectivity index (χ0v) is 11.2. The second-order valence-electron chi connectivity index (χ2n) is 4.90. The van der Waals surface area contributed by atoms with E-state index in [0.29, 0.717) is 0 Å². The van der Waals surface area contributed by atoms with Gasteiger partial charge in [0.15, 0.2) is 17.3 Å². The van der Waals surface area contributed by atoms with E-state index in [1.54, 1.807) is 20.8 Å². The molecule has 1 rings (SSSR count). The fourth-order valence-corrected chi connectivity index (χ4v) is 1.46. The van der Waals surface area contributed by atoms with E-state index in [1.165, 1.54) is 7.11 Å². The lowest BCUT2D eigenvalue weighted by Gasteiger charge is -2.21. The number of nitrogens with two attached hydrogens (primary N) is 2. The maximum absolute atomic E-state index is 14.0. The van der Waals surface area contributed by atoms with E-state index in [1.807, 2.05) is 0 Å². The van der Waals surface area contributed by atoms with Crippen LogP contribution in [0, 0.1) is 5.82 Å². The van der Waals surface area contributed by atoms with Gasteiger partial charge in [-0.15, -0.1) is 0 Å². The van der Waals surface area contributed by atoms with Crippen LogP contribution in [0.1, 0.15) is 31.1 Å². The van der Waals surface area contributed by atoms with E-state index in [9.17, 15) is 14.3 Å². The van der Waals surface area contributed by atoms with Crippen molar-refractivity contribution in [2.45, 2.75) is 26.4 Å². The predicted octanol–water partition coefficient (Wildman–Crippen LogP) is 1.66. The average Bonchev–Trinajstić information content (AvgIpc) is 2.25. The lowest BCUT2D eigenvalue weighted by Crippen LogP contribution is -2.25. The third kappa shape index (κ3) is 2.81. The van der Waals surface area contributed by atoms with Crippen LogP contribution in [-0.4, -0.2) is 23.8 Å². The third-order valence-corrected chi connectivity index (χ3v) is 2.25. The van der Waals surface area contributed by atoms with Crippen LogP contribution in [0.15, 0.2) is 0 Å². The van der Waals surface area contributed by atoms with Gasteiger partial charge in [0.2, 0.25) is 0 Å². The van der Waals surface area contributed by atoms with Gasteiger partial charge in [0, 0.05) is 0 Å². The van der Waals surface area contributed by atoms with Crippen LogP contribution in [0.5, 0.6) is 11.5 Å². The Morgan fingerprint density at radius 1 is 1.26 bits per heavy atom. The summed E-state index contributed by atoms with van der Waals surface area (Å²) in [4.78, 5) is 11.9. The number of hydrogen-bond acceptors (Lipinski definition) is 6. The number of methoxy groups -OCH3 is 1. The van der Waals surface area contributed by atoms with Crippen LogP contribution < -0.4 is 16.2 Å². The highest BCUT2D eigenvalue weighted by Gasteiger charge is 2.29. The number of carbonyl (C=O) groups excluding carboxylic acids is 1. The minimum absolute atomic E-state index is 0.317. The molecule has 0 aliphatic carbocycles. The zero-order chi connectivity index (χ0) is 15.0. The number of phenolic OH excluding ortho intramolecular Hbond substituents is 1. The number of phenols is 1. The van der Waals surface area contributed by atoms with E-state index in [4.69, 9.17) is 20.9 Å². The summed E-state index contributed by atoms with van der Waals surface area (Å²) in [5.74, 6) is -3.00. The van der Waals surface area contributed by atoms with E-state index >= 15 is 0 Å². The molecule has 1 aromatic carbocycles. The molecule has 0 saturated heterocycles. The molecule has 0 bridgehead atoms. The van der Waals surface area contributed by atoms with Gasteiger partial charge in [0.1, 0.15) is 16.9 Å². The molecule has 0 heterocycles. The molecule has 1 aromatic rings. The van der Waals surface area contributed by atoms with Crippen molar-refractivity contribution in [2.75, 3.05) is 18.6 Å². The van der Waals surface area contributed by atoms with Crippen molar-refractivity contribution in [2.24, 2.45) is 0 Å². The van der Waals surface area contributed by atoms with Crippen LogP contribution in [0.3, 0.4) is 0 Å². The predicted molar refractivity (Wildman–Crippen MR) is 68.6 cm³/mol. The minimum Gasteiger partial charge on any atom is -0.503 e. The number of nitrogen functional groups attached to an aromatic ring is 2. The number of anilines is 2. The molecule has 7 heteroatoms. The van der Waals surface area contributed by atoms with Crippen LogP contribution >= 0.6 is 0 Å². The fourth-order valence-electron chi connectivity index (χ4n) is 1.46. The van der Waals surface area contributed by atoms with Crippen molar-refractivity contribution >= 4 is 17.3 Å². The number of halogens is 1. The van der Waals surface area contributed by atoms with Gasteiger partial charge in [0.25, 0.3) is 0 Å². The molecule has 0 aromatic heterocycles. The van der Waals surface area contributed by atoms with Gasteiger partial charge in [-0.3, -0.25) is 0 Å². The maximum atomic E-state index is 14.0. The summed E-state index contributed by atoms with van der Waals surface area (Å²) in [6.45, 7) is 4.85. The largest absolute Gasteiger partial charge is 0.503 e. The van der Waals surface area contributed by atoms with Crippen molar-refractivity contribution in [1.29, 1.82) is 0 Å². The van der Waals surface area contributed by atoms with Gasteiger partial charge in [-0.2, -0.15) is 0 Å². The molecule has 0 unspecified atom stereocenters. The summed E-state index contributed by atoms with van der Waals surface area (Å²) in [7, 11) is 1.19. The van der Waals surface area contributed by atoms with E-state index < -0.39 is 40.1 Å². The van der Waals surface area contributed by atoms with Crippen molar-refractivity contribution < 1.29 is 23.8 Å². The Hall–Kier alpha value is -2.18. The van der Waals surface area contributed by atoms with Gasteiger partial charge < -0.3 is 26.0 Å². The van der Waals surface area contributed by atoms with Gasteiger partial charge in [-0.05, 0) is 20.8 Å². The normalized spacial score (nSPS) is 11.2. The molecule has 0 amide bonds. The van der Waals surface area contributed by atoms with Crippen molar-refractivity contribution in [3.63, 3.8) is 0 Å². The van der Waals surface area contributed by atoms with Gasteiger partial charge >= 0.3 is 5.97 Å². The van der Waals surface area contributed by atoms with Crippen molar-refractivity contribution in [3.8, 4) is 11.5 Å². The summed E-state index contributed by atoms with van der Waals surface area (Å²) in [6.07, 6.45) is 0. The quantitative estimate of drug-likeness (QED) is 0.429. The van der Waals surface area contributed by atoms with Gasteiger partial charge in [0.05, 0.1) is 12.8 Å². The van der Waals surface area contributed by atoms with Crippen molar-refractivity contribution in [3.05, 3.63) is 11.4 Å². The lowest BCUT2D eigenvalue weighted by atomic mass is 10.1. The molecule has 0 fully saturated rings. The monoisotopic (exact) mass is 272 g/mol. The lowest BCUT2D eigenvalue weighted by molar-refractivity contribution is 0.00658. The van der Waals surface area contributed by atoms with Crippen molar-refractivity contribution in [1.82, 2.24) is 0 Å². The zero-order valence-electron chi connectivity index (χ0n) is 11.2. The first-order chi connectivity index (χ1) is 8.60. The molecule has 0 spiro atoms. The number of benzene rings is 1. The number of carbonyl (C=O) groups is 1. The summed E-state index contributed by atoms with van der Waals surface area (Å²) >= 11 is 0. The highest BCUT2D eigenvalue weighted by atomic mass is 19.1. The molecule has 19 heavy (non-hydrogen) atoms. The summed E-state index contributed by atoms with van der Waals surface area (Å²) < 4.78 is 23.7. The first-order valence-electron chi connectivity index (χ1n) is 5.46.